The van der Waals surface area contributed by atoms with Crippen molar-refractivity contribution in [3.05, 3.63) is 77.2 Å². The molecular formula is C28H28ClN5O3. The van der Waals surface area contributed by atoms with Crippen molar-refractivity contribution in [3.63, 3.8) is 0 Å². The number of carbonyl (C=O) groups excluding carboxylic acids is 1. The maximum atomic E-state index is 13.3. The van der Waals surface area contributed by atoms with E-state index in [1.807, 2.05) is 64.3 Å². The van der Waals surface area contributed by atoms with Crippen LogP contribution in [0.1, 0.15) is 54.2 Å². The van der Waals surface area contributed by atoms with E-state index in [-0.39, 0.29) is 12.3 Å². The molecule has 9 heteroatoms. The molecule has 0 spiro atoms. The van der Waals surface area contributed by atoms with Crippen LogP contribution in [0, 0.1) is 0 Å². The minimum atomic E-state index is -0.806. The maximum Gasteiger partial charge on any atom is 0.303 e. The lowest BCUT2D eigenvalue weighted by Gasteiger charge is -2.32. The highest BCUT2D eigenvalue weighted by Crippen LogP contribution is 2.28. The number of likely N-dealkylation sites (tertiary alicyclic amines) is 1. The number of aryl methyl sites for hydroxylation is 1. The lowest BCUT2D eigenvalue weighted by Crippen LogP contribution is -2.39. The first-order valence-electron chi connectivity index (χ1n) is 12.5. The number of amides is 1. The van der Waals surface area contributed by atoms with Gasteiger partial charge in [0.1, 0.15) is 0 Å². The van der Waals surface area contributed by atoms with Gasteiger partial charge in [-0.2, -0.15) is 5.10 Å². The van der Waals surface area contributed by atoms with Crippen LogP contribution in [-0.2, 0) is 11.2 Å². The Morgan fingerprint density at radius 2 is 1.78 bits per heavy atom. The minimum absolute atomic E-state index is 0.00704. The number of rotatable bonds is 8. The van der Waals surface area contributed by atoms with Crippen LogP contribution in [0.25, 0.3) is 22.3 Å². The third-order valence-electron chi connectivity index (χ3n) is 6.81. The molecule has 3 heterocycles. The van der Waals surface area contributed by atoms with E-state index in [1.54, 1.807) is 6.20 Å². The van der Waals surface area contributed by atoms with Gasteiger partial charge in [-0.3, -0.25) is 14.3 Å². The van der Waals surface area contributed by atoms with Crippen molar-refractivity contribution in [3.8, 4) is 11.3 Å². The monoisotopic (exact) mass is 517 g/mol. The summed E-state index contributed by atoms with van der Waals surface area (Å²) in [4.78, 5) is 35.9. The summed E-state index contributed by atoms with van der Waals surface area (Å²) in [6.45, 7) is 1.36. The number of fused-ring (bicyclic) bond motifs is 1. The molecule has 8 nitrogen and oxygen atoms in total. The molecule has 1 aliphatic rings. The number of aliphatic carboxylic acids is 1. The molecule has 2 aromatic heterocycles. The molecule has 1 saturated heterocycles. The molecular weight excluding hydrogens is 490 g/mol. The van der Waals surface area contributed by atoms with Crippen LogP contribution in [-0.4, -0.2) is 54.7 Å². The van der Waals surface area contributed by atoms with Gasteiger partial charge in [0, 0.05) is 48.1 Å². The summed E-state index contributed by atoms with van der Waals surface area (Å²) >= 11 is 6.08. The summed E-state index contributed by atoms with van der Waals surface area (Å²) < 4.78 is 1.98. The summed E-state index contributed by atoms with van der Waals surface area (Å²) in [5.41, 5.74) is 4.38. The van der Waals surface area contributed by atoms with Crippen LogP contribution < -0.4 is 0 Å². The lowest BCUT2D eigenvalue weighted by molar-refractivity contribution is -0.137. The van der Waals surface area contributed by atoms with E-state index < -0.39 is 5.97 Å². The largest absolute Gasteiger partial charge is 0.481 e. The van der Waals surface area contributed by atoms with E-state index in [4.69, 9.17) is 26.7 Å². The third-order valence-corrected chi connectivity index (χ3v) is 7.06. The molecule has 2 aromatic carbocycles. The van der Waals surface area contributed by atoms with Crippen molar-refractivity contribution in [2.75, 3.05) is 13.1 Å². The number of hydrogen-bond acceptors (Lipinski definition) is 5. The molecule has 0 saturated carbocycles. The fourth-order valence-corrected chi connectivity index (χ4v) is 4.94. The molecule has 1 fully saturated rings. The van der Waals surface area contributed by atoms with Crippen molar-refractivity contribution in [1.82, 2.24) is 24.6 Å². The van der Waals surface area contributed by atoms with Crippen LogP contribution in [0.5, 0.6) is 0 Å². The number of halogens is 1. The molecule has 37 heavy (non-hydrogen) atoms. The zero-order chi connectivity index (χ0) is 25.8. The number of hydrogen-bond donors (Lipinski definition) is 1. The van der Waals surface area contributed by atoms with Gasteiger partial charge in [-0.25, -0.2) is 9.97 Å². The number of aromatic nitrogens is 4. The summed E-state index contributed by atoms with van der Waals surface area (Å²) in [7, 11) is 0. The van der Waals surface area contributed by atoms with Gasteiger partial charge >= 0.3 is 5.97 Å². The Morgan fingerprint density at radius 1 is 1.00 bits per heavy atom. The number of benzene rings is 2. The Bertz CT molecular complexity index is 1400. The summed E-state index contributed by atoms with van der Waals surface area (Å²) in [6.07, 6.45) is 7.44. The van der Waals surface area contributed by atoms with Gasteiger partial charge in [0.2, 0.25) is 0 Å². The number of carboxylic acids is 1. The first-order valence-corrected chi connectivity index (χ1v) is 12.9. The zero-order valence-electron chi connectivity index (χ0n) is 20.4. The molecule has 1 N–H and O–H groups in total. The van der Waals surface area contributed by atoms with E-state index in [9.17, 15) is 9.59 Å². The SMILES string of the molecule is O=C(O)CCCCc1nc2cc(C(=O)N3CCC(n4cccn4)CC3)ccc2nc1-c1ccc(Cl)cc1. The Balaban J connectivity index is 1.38. The van der Waals surface area contributed by atoms with Gasteiger partial charge < -0.3 is 10.0 Å². The van der Waals surface area contributed by atoms with Gasteiger partial charge in [-0.05, 0) is 68.5 Å². The third kappa shape index (κ3) is 5.80. The van der Waals surface area contributed by atoms with Gasteiger partial charge in [0.15, 0.2) is 0 Å². The lowest BCUT2D eigenvalue weighted by atomic mass is 10.0. The second kappa shape index (κ2) is 11.1. The van der Waals surface area contributed by atoms with Crippen LogP contribution in [0.3, 0.4) is 0 Å². The standard InChI is InChI=1S/C28H28ClN5O3/c29-21-9-6-19(7-10-21)27-24(4-1-2-5-26(35)36)31-25-18-20(8-11-23(25)32-27)28(37)33-16-12-22(13-17-33)34-15-3-14-30-34/h3,6-11,14-15,18,22H,1-2,4-5,12-13,16-17H2,(H,35,36). The number of piperidine rings is 1. The second-order valence-electron chi connectivity index (χ2n) is 9.34. The fourth-order valence-electron chi connectivity index (χ4n) is 4.82. The van der Waals surface area contributed by atoms with Gasteiger partial charge in [-0.15, -0.1) is 0 Å². The van der Waals surface area contributed by atoms with Gasteiger partial charge in [0.05, 0.1) is 28.5 Å². The molecule has 0 radical (unpaired) electrons. The number of carboxylic acid groups (broad SMARTS) is 1. The molecule has 0 bridgehead atoms. The zero-order valence-corrected chi connectivity index (χ0v) is 21.1. The Hall–Kier alpha value is -3.78. The van der Waals surface area contributed by atoms with Crippen molar-refractivity contribution < 1.29 is 14.7 Å². The molecule has 190 valence electrons. The van der Waals surface area contributed by atoms with Gasteiger partial charge in [0.25, 0.3) is 5.91 Å². The van der Waals surface area contributed by atoms with E-state index in [1.165, 1.54) is 0 Å². The molecule has 1 amide bonds. The van der Waals surface area contributed by atoms with E-state index >= 15 is 0 Å². The molecule has 4 aromatic rings. The van der Waals surface area contributed by atoms with Crippen LogP contribution in [0.2, 0.25) is 5.02 Å². The molecule has 0 atom stereocenters. The first kappa shape index (κ1) is 24.9. The molecule has 5 rings (SSSR count). The minimum Gasteiger partial charge on any atom is -0.481 e. The van der Waals surface area contributed by atoms with Crippen molar-refractivity contribution in [2.45, 2.75) is 44.6 Å². The van der Waals surface area contributed by atoms with Crippen LogP contribution >= 0.6 is 11.6 Å². The van der Waals surface area contributed by atoms with Crippen LogP contribution in [0.4, 0.5) is 0 Å². The van der Waals surface area contributed by atoms with Crippen molar-refractivity contribution >= 4 is 34.5 Å². The quantitative estimate of drug-likeness (QED) is 0.313. The van der Waals surface area contributed by atoms with Crippen molar-refractivity contribution in [1.29, 1.82) is 0 Å². The van der Waals surface area contributed by atoms with Crippen LogP contribution in [0.15, 0.2) is 60.9 Å². The van der Waals surface area contributed by atoms with E-state index in [0.717, 1.165) is 29.8 Å². The Labute approximate surface area is 219 Å². The predicted octanol–water partition coefficient (Wildman–Crippen LogP) is 5.42. The van der Waals surface area contributed by atoms with Crippen molar-refractivity contribution in [2.24, 2.45) is 0 Å². The summed E-state index contributed by atoms with van der Waals surface area (Å²) in [5.74, 6) is -0.813. The number of nitrogens with zero attached hydrogens (tertiary/aromatic N) is 5. The molecule has 0 unspecified atom stereocenters. The second-order valence-corrected chi connectivity index (χ2v) is 9.78. The van der Waals surface area contributed by atoms with E-state index in [2.05, 4.69) is 5.10 Å². The normalized spacial score (nSPS) is 14.2. The number of unbranched alkanes of at least 4 members (excludes halogenated alkanes) is 1. The Kier molecular flexibility index (Phi) is 7.46. The van der Waals surface area contributed by atoms with Gasteiger partial charge in [-0.1, -0.05) is 23.7 Å². The van der Waals surface area contributed by atoms with E-state index in [0.29, 0.717) is 60.0 Å². The summed E-state index contributed by atoms with van der Waals surface area (Å²) in [6, 6.07) is 15.2. The maximum absolute atomic E-state index is 13.3. The highest BCUT2D eigenvalue weighted by Gasteiger charge is 2.25. The number of carbonyl (C=O) groups is 2. The average molecular weight is 518 g/mol. The smallest absolute Gasteiger partial charge is 0.303 e. The molecule has 0 aliphatic carbocycles. The fraction of sp³-hybridized carbons (Fsp3) is 0.321. The first-order chi connectivity index (χ1) is 18.0. The molecule has 1 aliphatic heterocycles. The topological polar surface area (TPSA) is 101 Å². The highest BCUT2D eigenvalue weighted by molar-refractivity contribution is 6.30. The average Bonchev–Trinajstić information content (AvgIpc) is 3.46. The highest BCUT2D eigenvalue weighted by atomic mass is 35.5. The Morgan fingerprint density at radius 3 is 2.49 bits per heavy atom. The summed E-state index contributed by atoms with van der Waals surface area (Å²) in [5, 5.41) is 14.0. The predicted molar refractivity (Wildman–Crippen MR) is 142 cm³/mol.